The topological polar surface area (TPSA) is 92.9 Å². The molecule has 2 atom stereocenters. The molecule has 7 nitrogen and oxygen atoms in total. The first-order chi connectivity index (χ1) is 10.3. The Bertz CT molecular complexity index is 643. The third-order valence-corrected chi connectivity index (χ3v) is 4.35. The lowest BCUT2D eigenvalue weighted by atomic mass is 9.85. The van der Waals surface area contributed by atoms with E-state index < -0.39 is 22.7 Å². The summed E-state index contributed by atoms with van der Waals surface area (Å²) in [5.41, 5.74) is -0.460. The number of carbonyl (C=O) groups excluding carboxylic acids is 1. The number of likely N-dealkylation sites (tertiary alicyclic amines) is 1. The summed E-state index contributed by atoms with van der Waals surface area (Å²) in [5, 5.41) is 21.7. The molecule has 0 aliphatic carbocycles. The Morgan fingerprint density at radius 2 is 2.18 bits per heavy atom. The van der Waals surface area contributed by atoms with Gasteiger partial charge in [0.05, 0.1) is 11.0 Å². The molecule has 7 heteroatoms. The van der Waals surface area contributed by atoms with Gasteiger partial charge in [0.15, 0.2) is 0 Å². The number of aliphatic hydroxyl groups excluding tert-OH is 1. The Hall–Kier alpha value is -2.15. The molecule has 0 radical (unpaired) electrons. The van der Waals surface area contributed by atoms with E-state index in [1.807, 2.05) is 0 Å². The highest BCUT2D eigenvalue weighted by atomic mass is 16.6. The number of benzene rings is 1. The van der Waals surface area contributed by atoms with Crippen LogP contribution in [-0.2, 0) is 4.79 Å². The third-order valence-electron chi connectivity index (χ3n) is 4.35. The summed E-state index contributed by atoms with van der Waals surface area (Å²) in [6.45, 7) is 4.03. The molecular formula is C15H18N2O5. The molecule has 0 aromatic heterocycles. The quantitative estimate of drug-likeness (QED) is 0.664. The van der Waals surface area contributed by atoms with Crippen LogP contribution in [0.4, 0.5) is 5.69 Å². The maximum atomic E-state index is 12.1. The van der Waals surface area contributed by atoms with E-state index in [-0.39, 0.29) is 11.6 Å². The third kappa shape index (κ3) is 2.21. The van der Waals surface area contributed by atoms with Gasteiger partial charge in [0.1, 0.15) is 17.5 Å². The largest absolute Gasteiger partial charge is 0.485 e. The normalized spacial score (nSPS) is 26.5. The number of hydrogen-bond donors (Lipinski definition) is 1. The standard InChI is InChI=1S/C15H18N2O5/c1-15(2)14(19)13(16-7-3-4-12(16)18)10-8-9(17(20)21)5-6-11(10)22-15/h5-6,8,13-14,19H,3-4,7H2,1-2H3/t13?,14-/m0/s1. The first kappa shape index (κ1) is 14.8. The van der Waals surface area contributed by atoms with Crippen LogP contribution in [0, 0.1) is 10.1 Å². The molecule has 1 aromatic rings. The molecule has 118 valence electrons. The van der Waals surface area contributed by atoms with E-state index in [1.165, 1.54) is 18.2 Å². The number of nitro groups is 1. The Morgan fingerprint density at radius 1 is 1.45 bits per heavy atom. The summed E-state index contributed by atoms with van der Waals surface area (Å²) in [6, 6.07) is 3.68. The van der Waals surface area contributed by atoms with Crippen LogP contribution in [0.2, 0.25) is 0 Å². The SMILES string of the molecule is CC1(C)Oc2ccc([N+](=O)[O-])cc2C(N2CCCC2=O)[C@@H]1O. The van der Waals surface area contributed by atoms with Gasteiger partial charge in [-0.1, -0.05) is 0 Å². The van der Waals surface area contributed by atoms with Crippen LogP contribution >= 0.6 is 0 Å². The lowest BCUT2D eigenvalue weighted by Gasteiger charge is -2.45. The van der Waals surface area contributed by atoms with Crippen molar-refractivity contribution >= 4 is 11.6 Å². The Balaban J connectivity index is 2.12. The van der Waals surface area contributed by atoms with Crippen molar-refractivity contribution in [3.63, 3.8) is 0 Å². The Morgan fingerprint density at radius 3 is 2.77 bits per heavy atom. The second kappa shape index (κ2) is 4.95. The van der Waals surface area contributed by atoms with Gasteiger partial charge in [-0.3, -0.25) is 14.9 Å². The first-order valence-electron chi connectivity index (χ1n) is 7.26. The molecule has 1 unspecified atom stereocenters. The van der Waals surface area contributed by atoms with Gasteiger partial charge in [0.2, 0.25) is 5.91 Å². The fourth-order valence-electron chi connectivity index (χ4n) is 3.17. The van der Waals surface area contributed by atoms with Crippen molar-refractivity contribution < 1.29 is 19.6 Å². The average Bonchev–Trinajstić information content (AvgIpc) is 2.85. The van der Waals surface area contributed by atoms with Crippen LogP contribution < -0.4 is 4.74 Å². The number of amides is 1. The van der Waals surface area contributed by atoms with Crippen LogP contribution in [0.15, 0.2) is 18.2 Å². The second-order valence-corrected chi connectivity index (χ2v) is 6.27. The van der Waals surface area contributed by atoms with Crippen molar-refractivity contribution in [1.29, 1.82) is 0 Å². The van der Waals surface area contributed by atoms with Crippen LogP contribution in [-0.4, -0.2) is 39.1 Å². The van der Waals surface area contributed by atoms with Crippen LogP contribution in [0.3, 0.4) is 0 Å². The van der Waals surface area contributed by atoms with Crippen LogP contribution in [0.1, 0.15) is 38.3 Å². The van der Waals surface area contributed by atoms with E-state index >= 15 is 0 Å². The van der Waals surface area contributed by atoms with E-state index in [0.717, 1.165) is 6.42 Å². The molecule has 0 spiro atoms. The monoisotopic (exact) mass is 306 g/mol. The van der Waals surface area contributed by atoms with Crippen molar-refractivity contribution in [3.8, 4) is 5.75 Å². The molecule has 1 aromatic carbocycles. The fourth-order valence-corrected chi connectivity index (χ4v) is 3.17. The molecule has 1 fully saturated rings. The maximum absolute atomic E-state index is 12.1. The molecule has 2 aliphatic heterocycles. The van der Waals surface area contributed by atoms with E-state index in [2.05, 4.69) is 0 Å². The van der Waals surface area contributed by atoms with E-state index in [9.17, 15) is 20.0 Å². The smallest absolute Gasteiger partial charge is 0.270 e. The Kier molecular flexibility index (Phi) is 3.32. The molecule has 0 bridgehead atoms. The first-order valence-corrected chi connectivity index (χ1v) is 7.26. The van der Waals surface area contributed by atoms with Gasteiger partial charge in [0.25, 0.3) is 5.69 Å². The minimum absolute atomic E-state index is 0.0424. The van der Waals surface area contributed by atoms with Gasteiger partial charge < -0.3 is 14.7 Å². The number of non-ortho nitro benzene ring substituents is 1. The highest BCUT2D eigenvalue weighted by Crippen LogP contribution is 2.45. The van der Waals surface area contributed by atoms with E-state index in [4.69, 9.17) is 4.74 Å². The highest BCUT2D eigenvalue weighted by Gasteiger charge is 2.47. The molecule has 1 N–H and O–H groups in total. The lowest BCUT2D eigenvalue weighted by Crippen LogP contribution is -2.53. The molecular weight excluding hydrogens is 288 g/mol. The summed E-state index contributed by atoms with van der Waals surface area (Å²) in [4.78, 5) is 24.2. The lowest BCUT2D eigenvalue weighted by molar-refractivity contribution is -0.385. The predicted molar refractivity (Wildman–Crippen MR) is 77.5 cm³/mol. The summed E-state index contributed by atoms with van der Waals surface area (Å²) >= 11 is 0. The molecule has 0 saturated carbocycles. The van der Waals surface area contributed by atoms with Crippen molar-refractivity contribution in [1.82, 2.24) is 4.90 Å². The van der Waals surface area contributed by atoms with Gasteiger partial charge in [-0.2, -0.15) is 0 Å². The number of hydrogen-bond acceptors (Lipinski definition) is 5. The predicted octanol–water partition coefficient (Wildman–Crippen LogP) is 1.79. The maximum Gasteiger partial charge on any atom is 0.270 e. The van der Waals surface area contributed by atoms with Crippen molar-refractivity contribution in [3.05, 3.63) is 33.9 Å². The number of fused-ring (bicyclic) bond motifs is 1. The zero-order valence-corrected chi connectivity index (χ0v) is 12.5. The molecule has 1 saturated heterocycles. The molecule has 3 rings (SSSR count). The fraction of sp³-hybridized carbons (Fsp3) is 0.533. The summed E-state index contributed by atoms with van der Waals surface area (Å²) < 4.78 is 5.78. The van der Waals surface area contributed by atoms with Gasteiger partial charge in [-0.05, 0) is 26.3 Å². The number of carbonyl (C=O) groups is 1. The van der Waals surface area contributed by atoms with E-state index in [0.29, 0.717) is 24.3 Å². The molecule has 2 aliphatic rings. The Labute approximate surface area is 127 Å². The zero-order valence-electron chi connectivity index (χ0n) is 12.5. The van der Waals surface area contributed by atoms with Crippen molar-refractivity contribution in [2.24, 2.45) is 0 Å². The van der Waals surface area contributed by atoms with E-state index in [1.54, 1.807) is 18.7 Å². The molecule has 1 amide bonds. The minimum atomic E-state index is -0.955. The number of aliphatic hydroxyl groups is 1. The zero-order chi connectivity index (χ0) is 16.1. The van der Waals surface area contributed by atoms with Gasteiger partial charge >= 0.3 is 0 Å². The highest BCUT2D eigenvalue weighted by molar-refractivity contribution is 5.79. The van der Waals surface area contributed by atoms with Crippen LogP contribution in [0.5, 0.6) is 5.75 Å². The molecule has 22 heavy (non-hydrogen) atoms. The number of nitrogens with zero attached hydrogens (tertiary/aromatic N) is 2. The average molecular weight is 306 g/mol. The summed E-state index contributed by atoms with van der Waals surface area (Å²) in [6.07, 6.45) is 0.214. The van der Waals surface area contributed by atoms with Gasteiger partial charge in [-0.15, -0.1) is 0 Å². The van der Waals surface area contributed by atoms with Crippen molar-refractivity contribution in [2.45, 2.75) is 44.4 Å². The number of nitro benzene ring substituents is 1. The summed E-state index contributed by atoms with van der Waals surface area (Å²) in [7, 11) is 0. The van der Waals surface area contributed by atoms with Crippen molar-refractivity contribution in [2.75, 3.05) is 6.54 Å². The minimum Gasteiger partial charge on any atom is -0.485 e. The summed E-state index contributed by atoms with van der Waals surface area (Å²) in [5.74, 6) is 0.435. The molecule has 2 heterocycles. The van der Waals surface area contributed by atoms with Crippen LogP contribution in [0.25, 0.3) is 0 Å². The van der Waals surface area contributed by atoms with Gasteiger partial charge in [0, 0.05) is 30.7 Å². The number of rotatable bonds is 2. The second-order valence-electron chi connectivity index (χ2n) is 6.27. The number of ether oxygens (including phenoxy) is 1. The van der Waals surface area contributed by atoms with Gasteiger partial charge in [-0.25, -0.2) is 0 Å².